The summed E-state index contributed by atoms with van der Waals surface area (Å²) in [6.45, 7) is -0.0997. The maximum absolute atomic E-state index is 12.1. The van der Waals surface area contributed by atoms with Crippen LogP contribution in [0, 0.1) is 13.7 Å². The highest BCUT2D eigenvalue weighted by atomic mass is 127. The number of rotatable bonds is 3. The van der Waals surface area contributed by atoms with E-state index in [0.29, 0.717) is 0 Å². The first-order chi connectivity index (χ1) is 7.76. The molecule has 0 aliphatic rings. The molecule has 1 heterocycles. The Kier molecular flexibility index (Phi) is 4.08. The summed E-state index contributed by atoms with van der Waals surface area (Å²) in [4.78, 5) is 12.8. The number of pyridine rings is 1. The SMILES string of the molecule is NCc1cnc([N+](=O)[O-])c(OC(F)(F)F)c1I. The lowest BCUT2D eigenvalue weighted by atomic mass is 10.2. The average molecular weight is 363 g/mol. The van der Waals surface area contributed by atoms with Gasteiger partial charge in [0.2, 0.25) is 5.75 Å². The summed E-state index contributed by atoms with van der Waals surface area (Å²) in [6.07, 6.45) is -3.98. The van der Waals surface area contributed by atoms with Crippen molar-refractivity contribution in [2.45, 2.75) is 12.9 Å². The molecule has 0 spiro atoms. The lowest BCUT2D eigenvalue weighted by molar-refractivity contribution is -0.393. The van der Waals surface area contributed by atoms with Crippen LogP contribution in [0.4, 0.5) is 19.0 Å². The fraction of sp³-hybridized carbons (Fsp3) is 0.286. The standard InChI is InChI=1S/C7H5F3IN3O3/c8-7(9,10)17-5-4(11)3(1-12)2-13-6(5)14(15)16/h2H,1,12H2. The van der Waals surface area contributed by atoms with E-state index >= 15 is 0 Å². The summed E-state index contributed by atoms with van der Waals surface area (Å²) in [6, 6.07) is 0. The molecular weight excluding hydrogens is 358 g/mol. The van der Waals surface area contributed by atoms with E-state index < -0.39 is 22.9 Å². The zero-order valence-corrected chi connectivity index (χ0v) is 10.2. The summed E-state index contributed by atoms with van der Waals surface area (Å²) in [5.74, 6) is -1.94. The summed E-state index contributed by atoms with van der Waals surface area (Å²) in [5, 5.41) is 10.5. The van der Waals surface area contributed by atoms with E-state index in [1.54, 1.807) is 0 Å². The van der Waals surface area contributed by atoms with Gasteiger partial charge < -0.3 is 20.6 Å². The topological polar surface area (TPSA) is 91.3 Å². The number of hydrogen-bond acceptors (Lipinski definition) is 5. The van der Waals surface area contributed by atoms with Gasteiger partial charge in [0.1, 0.15) is 6.20 Å². The quantitative estimate of drug-likeness (QED) is 0.504. The normalized spacial score (nSPS) is 11.4. The number of nitrogens with two attached hydrogens (primary N) is 1. The number of nitro groups is 1. The Labute approximate surface area is 106 Å². The van der Waals surface area contributed by atoms with E-state index in [4.69, 9.17) is 5.73 Å². The van der Waals surface area contributed by atoms with Crippen molar-refractivity contribution in [2.75, 3.05) is 0 Å². The number of nitrogens with zero attached hydrogens (tertiary/aromatic N) is 2. The fourth-order valence-corrected chi connectivity index (χ4v) is 1.69. The van der Waals surface area contributed by atoms with Crippen LogP contribution in [-0.2, 0) is 6.54 Å². The first kappa shape index (κ1) is 13.9. The Balaban J connectivity index is 3.35. The molecule has 6 nitrogen and oxygen atoms in total. The van der Waals surface area contributed by atoms with Gasteiger partial charge in [-0.2, -0.15) is 0 Å². The molecule has 0 radical (unpaired) electrons. The van der Waals surface area contributed by atoms with Gasteiger partial charge in [0.15, 0.2) is 0 Å². The predicted molar refractivity (Wildman–Crippen MR) is 58.2 cm³/mol. The number of hydrogen-bond donors (Lipinski definition) is 1. The van der Waals surface area contributed by atoms with E-state index in [1.165, 1.54) is 22.6 Å². The minimum Gasteiger partial charge on any atom is -0.395 e. The molecular formula is C7H5F3IN3O3. The van der Waals surface area contributed by atoms with Crippen LogP contribution in [0.2, 0.25) is 0 Å². The first-order valence-electron chi connectivity index (χ1n) is 4.04. The maximum Gasteiger partial charge on any atom is 0.573 e. The Bertz CT molecular complexity index is 452. The largest absolute Gasteiger partial charge is 0.573 e. The van der Waals surface area contributed by atoms with Crippen LogP contribution in [0.1, 0.15) is 5.56 Å². The molecule has 0 amide bonds. The summed E-state index contributed by atoms with van der Waals surface area (Å²) in [5.41, 5.74) is 5.49. The lowest BCUT2D eigenvalue weighted by Gasteiger charge is -2.11. The van der Waals surface area contributed by atoms with E-state index in [2.05, 4.69) is 9.72 Å². The molecule has 0 aliphatic heterocycles. The maximum atomic E-state index is 12.1. The van der Waals surface area contributed by atoms with Crippen molar-refractivity contribution in [2.24, 2.45) is 5.73 Å². The molecule has 0 fully saturated rings. The molecule has 0 bridgehead atoms. The van der Waals surface area contributed by atoms with Crippen molar-refractivity contribution in [1.29, 1.82) is 0 Å². The van der Waals surface area contributed by atoms with Crippen LogP contribution in [0.5, 0.6) is 5.75 Å². The smallest absolute Gasteiger partial charge is 0.395 e. The van der Waals surface area contributed by atoms with Crippen molar-refractivity contribution in [3.63, 3.8) is 0 Å². The summed E-state index contributed by atoms with van der Waals surface area (Å²) < 4.78 is 39.8. The van der Waals surface area contributed by atoms with E-state index in [-0.39, 0.29) is 15.7 Å². The van der Waals surface area contributed by atoms with Crippen LogP contribution in [-0.4, -0.2) is 16.3 Å². The minimum atomic E-state index is -5.03. The highest BCUT2D eigenvalue weighted by molar-refractivity contribution is 14.1. The minimum absolute atomic E-state index is 0.0795. The van der Waals surface area contributed by atoms with Crippen molar-refractivity contribution >= 4 is 28.4 Å². The molecule has 2 N–H and O–H groups in total. The number of alkyl halides is 3. The highest BCUT2D eigenvalue weighted by Gasteiger charge is 2.37. The molecule has 0 aliphatic carbocycles. The van der Waals surface area contributed by atoms with Gasteiger partial charge in [-0.3, -0.25) is 0 Å². The van der Waals surface area contributed by atoms with Crippen LogP contribution in [0.25, 0.3) is 0 Å². The van der Waals surface area contributed by atoms with Crippen LogP contribution < -0.4 is 10.5 Å². The van der Waals surface area contributed by atoms with Gasteiger partial charge in [-0.1, -0.05) is 0 Å². The van der Waals surface area contributed by atoms with Gasteiger partial charge in [-0.25, -0.2) is 0 Å². The molecule has 1 aromatic rings. The van der Waals surface area contributed by atoms with Gasteiger partial charge in [0, 0.05) is 12.1 Å². The van der Waals surface area contributed by atoms with Crippen molar-refractivity contribution in [3.8, 4) is 5.75 Å². The van der Waals surface area contributed by atoms with Crippen molar-refractivity contribution in [3.05, 3.63) is 25.4 Å². The Morgan fingerprint density at radius 3 is 2.59 bits per heavy atom. The Morgan fingerprint density at radius 2 is 2.18 bits per heavy atom. The van der Waals surface area contributed by atoms with E-state index in [0.717, 1.165) is 6.20 Å². The third-order valence-electron chi connectivity index (χ3n) is 1.64. The molecule has 0 saturated carbocycles. The number of ether oxygens (including phenoxy) is 1. The van der Waals surface area contributed by atoms with E-state index in [9.17, 15) is 23.3 Å². The third-order valence-corrected chi connectivity index (χ3v) is 2.82. The molecule has 10 heteroatoms. The zero-order chi connectivity index (χ0) is 13.2. The van der Waals surface area contributed by atoms with Crippen molar-refractivity contribution < 1.29 is 22.8 Å². The van der Waals surface area contributed by atoms with Gasteiger partial charge in [-0.05, 0) is 32.5 Å². The zero-order valence-electron chi connectivity index (χ0n) is 7.99. The Morgan fingerprint density at radius 1 is 1.59 bits per heavy atom. The van der Waals surface area contributed by atoms with Crippen LogP contribution >= 0.6 is 22.6 Å². The Hall–Kier alpha value is -1.17. The van der Waals surface area contributed by atoms with E-state index in [1.807, 2.05) is 0 Å². The molecule has 1 rings (SSSR count). The number of halogens is 4. The number of aromatic nitrogens is 1. The third kappa shape index (κ3) is 3.39. The monoisotopic (exact) mass is 363 g/mol. The second-order valence-electron chi connectivity index (χ2n) is 2.76. The fourth-order valence-electron chi connectivity index (χ4n) is 0.977. The summed E-state index contributed by atoms with van der Waals surface area (Å²) >= 11 is 1.49. The second-order valence-corrected chi connectivity index (χ2v) is 3.84. The van der Waals surface area contributed by atoms with Crippen LogP contribution in [0.3, 0.4) is 0 Å². The van der Waals surface area contributed by atoms with Gasteiger partial charge in [0.05, 0.1) is 3.57 Å². The molecule has 94 valence electrons. The predicted octanol–water partition coefficient (Wildman–Crippen LogP) is 1.95. The summed E-state index contributed by atoms with van der Waals surface area (Å²) in [7, 11) is 0. The van der Waals surface area contributed by atoms with Gasteiger partial charge >= 0.3 is 12.2 Å². The van der Waals surface area contributed by atoms with Crippen LogP contribution in [0.15, 0.2) is 6.20 Å². The molecule has 0 unspecified atom stereocenters. The van der Waals surface area contributed by atoms with Crippen molar-refractivity contribution in [1.82, 2.24) is 4.98 Å². The molecule has 17 heavy (non-hydrogen) atoms. The van der Waals surface area contributed by atoms with Gasteiger partial charge in [0.25, 0.3) is 0 Å². The second kappa shape index (κ2) is 5.00. The lowest BCUT2D eigenvalue weighted by Crippen LogP contribution is -2.20. The van der Waals surface area contributed by atoms with Gasteiger partial charge in [-0.15, -0.1) is 13.2 Å². The first-order valence-corrected chi connectivity index (χ1v) is 5.11. The molecule has 0 atom stereocenters. The average Bonchev–Trinajstić information content (AvgIpc) is 2.18. The molecule has 1 aromatic heterocycles. The highest BCUT2D eigenvalue weighted by Crippen LogP contribution is 2.36. The molecule has 0 saturated heterocycles. The molecule has 0 aromatic carbocycles.